The number of likely N-dealkylation sites (tertiary alicyclic amines) is 1. The first-order valence-corrected chi connectivity index (χ1v) is 9.51. The van der Waals surface area contributed by atoms with Crippen LogP contribution in [0.25, 0.3) is 10.9 Å². The van der Waals surface area contributed by atoms with Gasteiger partial charge < -0.3 is 24.6 Å². The number of aromatic nitrogens is 1. The normalized spacial score (nSPS) is 21.8. The first-order chi connectivity index (χ1) is 12.6. The Morgan fingerprint density at radius 1 is 1.27 bits per heavy atom. The molecule has 6 heteroatoms. The van der Waals surface area contributed by atoms with Gasteiger partial charge in [-0.05, 0) is 51.0 Å². The highest BCUT2D eigenvalue weighted by atomic mass is 16.5. The van der Waals surface area contributed by atoms with Gasteiger partial charge in [0.1, 0.15) is 17.5 Å². The van der Waals surface area contributed by atoms with Gasteiger partial charge in [0.15, 0.2) is 0 Å². The Hall–Kier alpha value is -2.05. The zero-order chi connectivity index (χ0) is 18.3. The molecule has 2 aliphatic heterocycles. The number of ether oxygens (including phenoxy) is 1. The number of nitrogens with zero attached hydrogens (tertiary/aromatic N) is 2. The van der Waals surface area contributed by atoms with Crippen molar-refractivity contribution in [2.75, 3.05) is 26.2 Å². The van der Waals surface area contributed by atoms with Crippen LogP contribution in [0.5, 0.6) is 5.75 Å². The third-order valence-electron chi connectivity index (χ3n) is 5.63. The number of nitrogens with one attached hydrogen (secondary N) is 1. The molecule has 0 bridgehead atoms. The molecule has 1 amide bonds. The molecule has 2 aliphatic rings. The molecule has 0 saturated carbocycles. The van der Waals surface area contributed by atoms with Gasteiger partial charge >= 0.3 is 0 Å². The Balaban J connectivity index is 1.55. The van der Waals surface area contributed by atoms with E-state index in [2.05, 4.69) is 24.1 Å². The van der Waals surface area contributed by atoms with E-state index in [0.717, 1.165) is 42.6 Å². The fourth-order valence-corrected chi connectivity index (χ4v) is 4.10. The van der Waals surface area contributed by atoms with E-state index in [0.29, 0.717) is 18.3 Å². The molecular formula is C20H27N3O3. The second-order valence-electron chi connectivity index (χ2n) is 7.61. The Morgan fingerprint density at radius 3 is 2.73 bits per heavy atom. The predicted octanol–water partition coefficient (Wildman–Crippen LogP) is 2.17. The molecule has 6 nitrogen and oxygen atoms in total. The third-order valence-corrected chi connectivity index (χ3v) is 5.63. The number of piperidine rings is 1. The lowest BCUT2D eigenvalue weighted by atomic mass is 10.1. The van der Waals surface area contributed by atoms with Crippen LogP contribution in [0.15, 0.2) is 24.3 Å². The van der Waals surface area contributed by atoms with E-state index < -0.39 is 0 Å². The van der Waals surface area contributed by atoms with Gasteiger partial charge in [0.05, 0.1) is 12.6 Å². The van der Waals surface area contributed by atoms with Crippen LogP contribution in [0.1, 0.15) is 43.2 Å². The average molecular weight is 357 g/mol. The highest BCUT2D eigenvalue weighted by Crippen LogP contribution is 2.30. The van der Waals surface area contributed by atoms with Crippen LogP contribution >= 0.6 is 0 Å². The molecule has 0 spiro atoms. The fraction of sp³-hybridized carbons (Fsp3) is 0.550. The van der Waals surface area contributed by atoms with Gasteiger partial charge in [-0.3, -0.25) is 4.79 Å². The lowest BCUT2D eigenvalue weighted by molar-refractivity contribution is 0.0844. The summed E-state index contributed by atoms with van der Waals surface area (Å²) in [6.07, 6.45) is 2.32. The minimum absolute atomic E-state index is 0.00371. The molecule has 2 aromatic rings. The van der Waals surface area contributed by atoms with Crippen LogP contribution in [0.4, 0.5) is 0 Å². The summed E-state index contributed by atoms with van der Waals surface area (Å²) in [7, 11) is 0. The lowest BCUT2D eigenvalue weighted by Crippen LogP contribution is -2.41. The number of carbonyl (C=O) groups excluding carboxylic acids is 1. The number of rotatable bonds is 4. The zero-order valence-corrected chi connectivity index (χ0v) is 15.4. The van der Waals surface area contributed by atoms with E-state index in [9.17, 15) is 9.90 Å². The van der Waals surface area contributed by atoms with Gasteiger partial charge in [0, 0.05) is 36.6 Å². The Morgan fingerprint density at radius 2 is 2.04 bits per heavy atom. The van der Waals surface area contributed by atoms with Crippen LogP contribution < -0.4 is 10.1 Å². The highest BCUT2D eigenvalue weighted by molar-refractivity contribution is 6.00. The van der Waals surface area contributed by atoms with Crippen molar-refractivity contribution in [3.63, 3.8) is 0 Å². The molecule has 1 atom stereocenters. The van der Waals surface area contributed by atoms with E-state index in [1.165, 1.54) is 0 Å². The largest absolute Gasteiger partial charge is 0.490 e. The average Bonchev–Trinajstić information content (AvgIpc) is 3.02. The van der Waals surface area contributed by atoms with E-state index in [1.807, 2.05) is 28.8 Å². The number of hydrogen-bond acceptors (Lipinski definition) is 4. The van der Waals surface area contributed by atoms with Crippen molar-refractivity contribution >= 4 is 16.8 Å². The minimum atomic E-state index is -0.118. The topological polar surface area (TPSA) is 66.7 Å². The van der Waals surface area contributed by atoms with E-state index in [-0.39, 0.29) is 24.7 Å². The maximum Gasteiger partial charge on any atom is 0.268 e. The molecule has 140 valence electrons. The summed E-state index contributed by atoms with van der Waals surface area (Å²) in [4.78, 5) is 14.6. The van der Waals surface area contributed by atoms with E-state index in [4.69, 9.17) is 4.74 Å². The van der Waals surface area contributed by atoms with Crippen LogP contribution in [0, 0.1) is 0 Å². The second-order valence-corrected chi connectivity index (χ2v) is 7.61. The number of aliphatic hydroxyl groups is 1. The molecule has 2 N–H and O–H groups in total. The molecule has 1 unspecified atom stereocenters. The molecule has 0 radical (unpaired) electrons. The SMILES string of the molecule is CC(C)N1CCC(Oc2ccc3c(c2)cc2n3C(CO)CNC2=O)CC1. The maximum absolute atomic E-state index is 12.2. The van der Waals surface area contributed by atoms with Gasteiger partial charge in [-0.1, -0.05) is 0 Å². The van der Waals surface area contributed by atoms with Crippen LogP contribution in [0.2, 0.25) is 0 Å². The van der Waals surface area contributed by atoms with Gasteiger partial charge in [0.2, 0.25) is 0 Å². The van der Waals surface area contributed by atoms with Crippen molar-refractivity contribution < 1.29 is 14.6 Å². The smallest absolute Gasteiger partial charge is 0.268 e. The van der Waals surface area contributed by atoms with E-state index >= 15 is 0 Å². The maximum atomic E-state index is 12.2. The molecule has 1 aromatic carbocycles. The van der Waals surface area contributed by atoms with Crippen molar-refractivity contribution in [1.82, 2.24) is 14.8 Å². The Bertz CT molecular complexity index is 806. The van der Waals surface area contributed by atoms with Gasteiger partial charge in [0.25, 0.3) is 5.91 Å². The van der Waals surface area contributed by atoms with Gasteiger partial charge in [-0.15, -0.1) is 0 Å². The van der Waals surface area contributed by atoms with Gasteiger partial charge in [-0.25, -0.2) is 0 Å². The van der Waals surface area contributed by atoms with Crippen molar-refractivity contribution in [2.45, 2.75) is 44.9 Å². The summed E-state index contributed by atoms with van der Waals surface area (Å²) in [6.45, 7) is 7.08. The summed E-state index contributed by atoms with van der Waals surface area (Å²) < 4.78 is 8.16. The number of carbonyl (C=O) groups is 1. The summed E-state index contributed by atoms with van der Waals surface area (Å²) in [5.74, 6) is 0.763. The Kier molecular flexibility index (Phi) is 4.63. The second kappa shape index (κ2) is 6.93. The Labute approximate surface area is 153 Å². The summed E-state index contributed by atoms with van der Waals surface area (Å²) in [5.41, 5.74) is 1.57. The number of fused-ring (bicyclic) bond motifs is 3. The third kappa shape index (κ3) is 3.08. The zero-order valence-electron chi connectivity index (χ0n) is 15.4. The lowest BCUT2D eigenvalue weighted by Gasteiger charge is -2.34. The van der Waals surface area contributed by atoms with Gasteiger partial charge in [-0.2, -0.15) is 0 Å². The minimum Gasteiger partial charge on any atom is -0.490 e. The summed E-state index contributed by atoms with van der Waals surface area (Å²) >= 11 is 0. The monoisotopic (exact) mass is 357 g/mol. The predicted molar refractivity (Wildman–Crippen MR) is 101 cm³/mol. The standard InChI is InChI=1S/C20H27N3O3/c1-13(2)22-7-5-16(6-8-22)26-17-3-4-18-14(9-17)10-19-20(25)21-11-15(12-24)23(18)19/h3-4,9-10,13,15-16,24H,5-8,11-12H2,1-2H3,(H,21,25). The molecule has 3 heterocycles. The van der Waals surface area contributed by atoms with Crippen LogP contribution in [-0.2, 0) is 0 Å². The first-order valence-electron chi connectivity index (χ1n) is 9.51. The molecule has 1 fully saturated rings. The number of hydrogen-bond donors (Lipinski definition) is 2. The van der Waals surface area contributed by atoms with Crippen molar-refractivity contribution in [2.24, 2.45) is 0 Å². The number of benzene rings is 1. The highest BCUT2D eigenvalue weighted by Gasteiger charge is 2.27. The molecule has 1 aromatic heterocycles. The molecule has 4 rings (SSSR count). The van der Waals surface area contributed by atoms with Crippen LogP contribution in [0.3, 0.4) is 0 Å². The number of amides is 1. The molecule has 1 saturated heterocycles. The quantitative estimate of drug-likeness (QED) is 0.880. The fourth-order valence-electron chi connectivity index (χ4n) is 4.10. The number of aliphatic hydroxyl groups excluding tert-OH is 1. The van der Waals surface area contributed by atoms with Crippen LogP contribution in [-0.4, -0.2) is 58.9 Å². The van der Waals surface area contributed by atoms with Crippen molar-refractivity contribution in [3.05, 3.63) is 30.0 Å². The first kappa shape index (κ1) is 17.4. The van der Waals surface area contributed by atoms with Crippen molar-refractivity contribution in [3.8, 4) is 5.75 Å². The summed E-state index contributed by atoms with van der Waals surface area (Å²) in [6, 6.07) is 8.35. The van der Waals surface area contributed by atoms with E-state index in [1.54, 1.807) is 0 Å². The molecular weight excluding hydrogens is 330 g/mol. The molecule has 26 heavy (non-hydrogen) atoms. The van der Waals surface area contributed by atoms with Crippen molar-refractivity contribution in [1.29, 1.82) is 0 Å². The summed E-state index contributed by atoms with van der Waals surface area (Å²) in [5, 5.41) is 13.4. The molecule has 0 aliphatic carbocycles.